The fourth-order valence-corrected chi connectivity index (χ4v) is 1.61. The van der Waals surface area contributed by atoms with Gasteiger partial charge in [-0.05, 0) is 27.2 Å². The van der Waals surface area contributed by atoms with E-state index in [0.29, 0.717) is 19.0 Å². The van der Waals surface area contributed by atoms with E-state index in [9.17, 15) is 9.50 Å². The average Bonchev–Trinajstić information content (AvgIpc) is 1.94. The number of rotatable bonds is 1. The molecule has 1 N–H and O–H groups in total. The molecule has 2 atom stereocenters. The van der Waals surface area contributed by atoms with Crippen LogP contribution in [-0.2, 0) is 0 Å². The van der Waals surface area contributed by atoms with Crippen molar-refractivity contribution in [1.29, 1.82) is 0 Å². The van der Waals surface area contributed by atoms with Crippen molar-refractivity contribution >= 4 is 0 Å². The lowest BCUT2D eigenvalue weighted by atomic mass is 9.93. The first-order valence-corrected chi connectivity index (χ1v) is 4.54. The molecular weight excluding hydrogens is 157 g/mol. The highest BCUT2D eigenvalue weighted by Crippen LogP contribution is 2.26. The van der Waals surface area contributed by atoms with E-state index in [2.05, 4.69) is 4.90 Å². The molecule has 0 spiro atoms. The Morgan fingerprint density at radius 1 is 1.58 bits per heavy atom. The monoisotopic (exact) mass is 175 g/mol. The fourth-order valence-electron chi connectivity index (χ4n) is 1.61. The number of likely N-dealkylation sites (tertiary alicyclic amines) is 1. The largest absolute Gasteiger partial charge is 0.390 e. The van der Waals surface area contributed by atoms with Gasteiger partial charge in [-0.1, -0.05) is 0 Å². The highest BCUT2D eigenvalue weighted by Gasteiger charge is 2.39. The van der Waals surface area contributed by atoms with Crippen molar-refractivity contribution in [3.63, 3.8) is 0 Å². The van der Waals surface area contributed by atoms with Crippen molar-refractivity contribution in [3.05, 3.63) is 0 Å². The zero-order valence-corrected chi connectivity index (χ0v) is 8.05. The summed E-state index contributed by atoms with van der Waals surface area (Å²) >= 11 is 0. The number of nitrogens with zero attached hydrogens (tertiary/aromatic N) is 1. The zero-order chi connectivity index (χ0) is 9.35. The van der Waals surface area contributed by atoms with Gasteiger partial charge in [0, 0.05) is 19.1 Å². The number of hydrogen-bond donors (Lipinski definition) is 1. The number of piperidine rings is 1. The molecule has 0 saturated carbocycles. The van der Waals surface area contributed by atoms with Crippen molar-refractivity contribution in [2.75, 3.05) is 13.1 Å². The fraction of sp³-hybridized carbons (Fsp3) is 1.00. The molecule has 0 amide bonds. The van der Waals surface area contributed by atoms with Gasteiger partial charge in [-0.25, -0.2) is 4.39 Å². The lowest BCUT2D eigenvalue weighted by Gasteiger charge is -2.40. The number of aliphatic hydroxyl groups is 1. The number of hydrogen-bond acceptors (Lipinski definition) is 2. The van der Waals surface area contributed by atoms with E-state index in [1.54, 1.807) is 0 Å². The van der Waals surface area contributed by atoms with Crippen LogP contribution in [0, 0.1) is 0 Å². The third kappa shape index (κ3) is 1.96. The molecule has 1 aliphatic rings. The molecule has 0 aromatic carbocycles. The average molecular weight is 175 g/mol. The number of aliphatic hydroxyl groups excluding tert-OH is 1. The first kappa shape index (κ1) is 9.93. The number of halogens is 1. The second-order valence-corrected chi connectivity index (χ2v) is 4.15. The van der Waals surface area contributed by atoms with Crippen LogP contribution in [0.5, 0.6) is 0 Å². The molecule has 0 aromatic rings. The van der Waals surface area contributed by atoms with Crippen LogP contribution < -0.4 is 0 Å². The van der Waals surface area contributed by atoms with E-state index in [-0.39, 0.29) is 0 Å². The van der Waals surface area contributed by atoms with Gasteiger partial charge in [0.2, 0.25) is 0 Å². The van der Waals surface area contributed by atoms with Gasteiger partial charge in [-0.3, -0.25) is 4.90 Å². The quantitative estimate of drug-likeness (QED) is 0.647. The summed E-state index contributed by atoms with van der Waals surface area (Å²) in [7, 11) is 0. The van der Waals surface area contributed by atoms with Crippen molar-refractivity contribution in [2.45, 2.75) is 45.0 Å². The van der Waals surface area contributed by atoms with Crippen LogP contribution in [0.4, 0.5) is 4.39 Å². The molecule has 0 bridgehead atoms. The van der Waals surface area contributed by atoms with Gasteiger partial charge in [0.15, 0.2) is 0 Å². The van der Waals surface area contributed by atoms with E-state index >= 15 is 0 Å². The molecule has 2 nitrogen and oxygen atoms in total. The van der Waals surface area contributed by atoms with E-state index in [0.717, 1.165) is 6.54 Å². The van der Waals surface area contributed by atoms with Crippen molar-refractivity contribution in [2.24, 2.45) is 0 Å². The van der Waals surface area contributed by atoms with Gasteiger partial charge in [0.25, 0.3) is 0 Å². The molecule has 3 heteroatoms. The summed E-state index contributed by atoms with van der Waals surface area (Å²) in [5, 5.41) is 9.33. The van der Waals surface area contributed by atoms with Crippen LogP contribution in [0.1, 0.15) is 27.2 Å². The van der Waals surface area contributed by atoms with Crippen molar-refractivity contribution in [1.82, 2.24) is 4.90 Å². The molecule has 0 unspecified atom stereocenters. The van der Waals surface area contributed by atoms with E-state index in [1.165, 1.54) is 6.92 Å². The lowest BCUT2D eigenvalue weighted by Crippen LogP contribution is -2.54. The first-order chi connectivity index (χ1) is 5.43. The molecule has 1 rings (SSSR count). The van der Waals surface area contributed by atoms with Gasteiger partial charge in [-0.2, -0.15) is 0 Å². The van der Waals surface area contributed by atoms with Crippen LogP contribution >= 0.6 is 0 Å². The minimum Gasteiger partial charge on any atom is -0.390 e. The Kier molecular flexibility index (Phi) is 2.74. The maximum Gasteiger partial charge on any atom is 0.146 e. The van der Waals surface area contributed by atoms with Gasteiger partial charge >= 0.3 is 0 Å². The van der Waals surface area contributed by atoms with Crippen LogP contribution in [0.3, 0.4) is 0 Å². The summed E-state index contributed by atoms with van der Waals surface area (Å²) in [6.07, 6.45) is -0.238. The molecule has 0 radical (unpaired) electrons. The predicted molar refractivity (Wildman–Crippen MR) is 46.8 cm³/mol. The minimum atomic E-state index is -1.43. The highest BCUT2D eigenvalue weighted by atomic mass is 19.1. The standard InChI is InChI=1S/C9H18FNO/c1-7(2)11-5-4-8(12)9(3,10)6-11/h7-8,12H,4-6H2,1-3H3/t8-,9-/m1/s1. The molecule has 0 aliphatic carbocycles. The number of alkyl halides is 1. The van der Waals surface area contributed by atoms with Crippen LogP contribution in [0.25, 0.3) is 0 Å². The Morgan fingerprint density at radius 2 is 2.17 bits per heavy atom. The van der Waals surface area contributed by atoms with Gasteiger partial charge < -0.3 is 5.11 Å². The molecule has 1 aliphatic heterocycles. The van der Waals surface area contributed by atoms with Crippen molar-refractivity contribution < 1.29 is 9.50 Å². The van der Waals surface area contributed by atoms with E-state index < -0.39 is 11.8 Å². The minimum absolute atomic E-state index is 0.353. The Hall–Kier alpha value is -0.150. The normalized spacial score (nSPS) is 39.0. The topological polar surface area (TPSA) is 23.5 Å². The Morgan fingerprint density at radius 3 is 2.58 bits per heavy atom. The third-order valence-corrected chi connectivity index (χ3v) is 2.63. The van der Waals surface area contributed by atoms with Crippen molar-refractivity contribution in [3.8, 4) is 0 Å². The smallest absolute Gasteiger partial charge is 0.146 e. The molecule has 1 saturated heterocycles. The molecule has 1 fully saturated rings. The maximum absolute atomic E-state index is 13.6. The van der Waals surface area contributed by atoms with E-state index in [4.69, 9.17) is 0 Å². The Balaban J connectivity index is 2.57. The second-order valence-electron chi connectivity index (χ2n) is 4.15. The summed E-state index contributed by atoms with van der Waals surface area (Å²) in [5.41, 5.74) is -1.43. The van der Waals surface area contributed by atoms with Gasteiger partial charge in [-0.15, -0.1) is 0 Å². The molecule has 12 heavy (non-hydrogen) atoms. The SMILES string of the molecule is CC(C)N1CC[C@@H](O)[C@](C)(F)C1. The predicted octanol–water partition coefficient (Wildman–Crippen LogP) is 1.19. The summed E-state index contributed by atoms with van der Waals surface area (Å²) in [4.78, 5) is 2.06. The molecular formula is C9H18FNO. The van der Waals surface area contributed by atoms with Gasteiger partial charge in [0.05, 0.1) is 6.10 Å². The Labute approximate surface area is 73.4 Å². The summed E-state index contributed by atoms with van der Waals surface area (Å²) in [5.74, 6) is 0. The second kappa shape index (κ2) is 3.30. The van der Waals surface area contributed by atoms with Crippen LogP contribution in [0.15, 0.2) is 0 Å². The molecule has 1 heterocycles. The Bertz CT molecular complexity index is 159. The van der Waals surface area contributed by atoms with E-state index in [1.807, 2.05) is 13.8 Å². The first-order valence-electron chi connectivity index (χ1n) is 4.54. The lowest BCUT2D eigenvalue weighted by molar-refractivity contribution is -0.0643. The van der Waals surface area contributed by atoms with Crippen LogP contribution in [0.2, 0.25) is 0 Å². The summed E-state index contributed by atoms with van der Waals surface area (Å²) in [6, 6.07) is 0.368. The molecule has 72 valence electrons. The highest BCUT2D eigenvalue weighted by molar-refractivity contribution is 4.91. The molecule has 0 aromatic heterocycles. The maximum atomic E-state index is 13.6. The summed E-state index contributed by atoms with van der Waals surface area (Å²) in [6.45, 7) is 6.73. The zero-order valence-electron chi connectivity index (χ0n) is 8.05. The summed E-state index contributed by atoms with van der Waals surface area (Å²) < 4.78 is 13.6. The van der Waals surface area contributed by atoms with Gasteiger partial charge in [0.1, 0.15) is 5.67 Å². The van der Waals surface area contributed by atoms with Crippen LogP contribution in [-0.4, -0.2) is 40.9 Å². The third-order valence-electron chi connectivity index (χ3n) is 2.63.